The first-order valence-electron chi connectivity index (χ1n) is 7.38. The predicted octanol–water partition coefficient (Wildman–Crippen LogP) is 2.95. The van der Waals surface area contributed by atoms with Gasteiger partial charge in [-0.2, -0.15) is 5.10 Å². The Morgan fingerprint density at radius 3 is 2.77 bits per heavy atom. The summed E-state index contributed by atoms with van der Waals surface area (Å²) in [4.78, 5) is 22.4. The van der Waals surface area contributed by atoms with E-state index in [1.54, 1.807) is 12.3 Å². The number of fused-ring (bicyclic) bond motifs is 1. The van der Waals surface area contributed by atoms with Gasteiger partial charge in [-0.1, -0.05) is 17.7 Å². The van der Waals surface area contributed by atoms with E-state index in [-0.39, 0.29) is 5.69 Å². The van der Waals surface area contributed by atoms with Gasteiger partial charge in [0.1, 0.15) is 22.4 Å². The van der Waals surface area contributed by atoms with Gasteiger partial charge in [0.25, 0.3) is 5.91 Å². The van der Waals surface area contributed by atoms with E-state index in [2.05, 4.69) is 30.5 Å². The Morgan fingerprint density at radius 2 is 2.00 bits per heavy atom. The number of hydrogen-bond acceptors (Lipinski definition) is 3. The summed E-state index contributed by atoms with van der Waals surface area (Å²) in [6.07, 6.45) is 2.87. The maximum Gasteiger partial charge on any atom is 0.305 e. The van der Waals surface area contributed by atoms with Crippen molar-refractivity contribution in [3.8, 4) is 11.5 Å². The van der Waals surface area contributed by atoms with Crippen LogP contribution in [-0.2, 0) is 0 Å². The molecule has 3 aromatic heterocycles. The van der Waals surface area contributed by atoms with Crippen molar-refractivity contribution in [3.63, 3.8) is 0 Å². The molecule has 0 fully saturated rings. The molecule has 0 spiro atoms. The van der Waals surface area contributed by atoms with Crippen molar-refractivity contribution in [2.24, 2.45) is 0 Å². The number of H-pyrrole nitrogens is 3. The summed E-state index contributed by atoms with van der Waals surface area (Å²) in [5, 5.41) is 9.35. The Labute approximate surface area is 149 Å². The van der Waals surface area contributed by atoms with E-state index in [0.717, 1.165) is 12.1 Å². The Hall–Kier alpha value is -3.33. The SMILES string of the molecule is O=C(Nc1cn[nH]c1-c1[nH]c2cnc(Cl)cc2[nH+]1)c1c(F)cccc1F. The third-order valence-electron chi connectivity index (χ3n) is 3.72. The van der Waals surface area contributed by atoms with Crippen LogP contribution in [0.1, 0.15) is 10.4 Å². The second-order valence-corrected chi connectivity index (χ2v) is 5.77. The maximum absolute atomic E-state index is 13.8. The van der Waals surface area contributed by atoms with Crippen LogP contribution in [0, 0.1) is 11.6 Å². The number of anilines is 1. The maximum atomic E-state index is 13.8. The highest BCUT2D eigenvalue weighted by atomic mass is 35.5. The summed E-state index contributed by atoms with van der Waals surface area (Å²) in [6, 6.07) is 4.83. The van der Waals surface area contributed by atoms with Gasteiger partial charge >= 0.3 is 5.82 Å². The molecule has 0 aliphatic heterocycles. The number of pyridine rings is 1. The molecule has 130 valence electrons. The topological polar surface area (TPSA) is 101 Å². The van der Waals surface area contributed by atoms with E-state index in [4.69, 9.17) is 11.6 Å². The van der Waals surface area contributed by atoms with Crippen molar-refractivity contribution in [2.45, 2.75) is 0 Å². The third-order valence-corrected chi connectivity index (χ3v) is 3.92. The summed E-state index contributed by atoms with van der Waals surface area (Å²) in [5.41, 5.74) is 1.32. The number of hydrogen-bond donors (Lipinski definition) is 3. The van der Waals surface area contributed by atoms with Gasteiger partial charge in [0.05, 0.1) is 18.1 Å². The van der Waals surface area contributed by atoms with Crippen molar-refractivity contribution in [1.82, 2.24) is 20.2 Å². The number of nitrogens with one attached hydrogen (secondary N) is 4. The molecule has 0 aliphatic carbocycles. The predicted molar refractivity (Wildman–Crippen MR) is 89.6 cm³/mol. The van der Waals surface area contributed by atoms with E-state index in [1.807, 2.05) is 0 Å². The lowest BCUT2D eigenvalue weighted by atomic mass is 10.2. The van der Waals surface area contributed by atoms with Crippen LogP contribution in [0.3, 0.4) is 0 Å². The van der Waals surface area contributed by atoms with E-state index in [9.17, 15) is 13.6 Å². The van der Waals surface area contributed by atoms with Crippen molar-refractivity contribution in [1.29, 1.82) is 0 Å². The fraction of sp³-hybridized carbons (Fsp3) is 0. The van der Waals surface area contributed by atoms with Crippen LogP contribution in [0.2, 0.25) is 5.15 Å². The zero-order valence-electron chi connectivity index (χ0n) is 12.9. The van der Waals surface area contributed by atoms with Gasteiger partial charge in [0.15, 0.2) is 16.7 Å². The van der Waals surface area contributed by atoms with Gasteiger partial charge in [0.2, 0.25) is 0 Å². The first-order valence-corrected chi connectivity index (χ1v) is 7.76. The highest BCUT2D eigenvalue weighted by Gasteiger charge is 2.23. The largest absolute Gasteiger partial charge is 0.318 e. The van der Waals surface area contributed by atoms with E-state index in [1.165, 1.54) is 12.3 Å². The average molecular weight is 376 g/mol. The minimum Gasteiger partial charge on any atom is -0.318 e. The molecule has 3 heterocycles. The zero-order chi connectivity index (χ0) is 18.3. The van der Waals surface area contributed by atoms with Crippen molar-refractivity contribution >= 4 is 34.2 Å². The van der Waals surface area contributed by atoms with E-state index < -0.39 is 23.1 Å². The summed E-state index contributed by atoms with van der Waals surface area (Å²) < 4.78 is 27.5. The molecule has 1 aromatic carbocycles. The molecule has 0 bridgehead atoms. The van der Waals surface area contributed by atoms with Crippen LogP contribution in [-0.4, -0.2) is 26.1 Å². The second-order valence-electron chi connectivity index (χ2n) is 5.39. The molecule has 10 heteroatoms. The molecule has 1 amide bonds. The Kier molecular flexibility index (Phi) is 3.85. The molecule has 4 rings (SSSR count). The molecule has 0 unspecified atom stereocenters. The number of nitrogens with zero attached hydrogens (tertiary/aromatic N) is 2. The van der Waals surface area contributed by atoms with Crippen LogP contribution in [0.5, 0.6) is 0 Å². The lowest BCUT2D eigenvalue weighted by Gasteiger charge is -2.05. The molecule has 0 saturated carbocycles. The number of carbonyl (C=O) groups excluding carboxylic acids is 1. The Morgan fingerprint density at radius 1 is 1.23 bits per heavy atom. The first-order chi connectivity index (χ1) is 12.5. The standard InChI is InChI=1S/C16H9ClF2N6O/c17-12-4-9-10(5-20-12)23-15(22-9)14-11(6-21-25-14)24-16(26)13-7(18)2-1-3-8(13)19/h1-6H,(H,21,25)(H,22,23)(H,24,26)/p+1. The van der Waals surface area contributed by atoms with Crippen LogP contribution in [0.25, 0.3) is 22.6 Å². The summed E-state index contributed by atoms with van der Waals surface area (Å²) >= 11 is 5.86. The fourth-order valence-corrected chi connectivity index (χ4v) is 2.69. The third kappa shape index (κ3) is 2.78. The second kappa shape index (κ2) is 6.19. The van der Waals surface area contributed by atoms with Gasteiger partial charge in [0, 0.05) is 6.07 Å². The summed E-state index contributed by atoms with van der Waals surface area (Å²) in [7, 11) is 0. The number of rotatable bonds is 3. The number of benzene rings is 1. The van der Waals surface area contributed by atoms with Crippen LogP contribution < -0.4 is 10.3 Å². The van der Waals surface area contributed by atoms with Crippen molar-refractivity contribution < 1.29 is 18.6 Å². The fourth-order valence-electron chi connectivity index (χ4n) is 2.53. The molecule has 4 N–H and O–H groups in total. The number of amides is 1. The minimum atomic E-state index is -0.953. The number of carbonyl (C=O) groups is 1. The highest BCUT2D eigenvalue weighted by Crippen LogP contribution is 2.24. The number of aromatic amines is 3. The Bertz CT molecular complexity index is 1120. The van der Waals surface area contributed by atoms with Gasteiger partial charge in [-0.05, 0) is 12.1 Å². The molecule has 26 heavy (non-hydrogen) atoms. The molecule has 0 saturated heterocycles. The lowest BCUT2D eigenvalue weighted by molar-refractivity contribution is -0.330. The molecule has 0 aliphatic rings. The van der Waals surface area contributed by atoms with Gasteiger partial charge in [-0.15, -0.1) is 0 Å². The van der Waals surface area contributed by atoms with Gasteiger partial charge in [-0.3, -0.25) is 9.89 Å². The summed E-state index contributed by atoms with van der Waals surface area (Å²) in [6.45, 7) is 0. The minimum absolute atomic E-state index is 0.236. The van der Waals surface area contributed by atoms with E-state index >= 15 is 0 Å². The number of aromatic nitrogens is 5. The number of imidazole rings is 1. The molecule has 0 atom stereocenters. The molecule has 7 nitrogen and oxygen atoms in total. The highest BCUT2D eigenvalue weighted by molar-refractivity contribution is 6.29. The Balaban J connectivity index is 1.69. The van der Waals surface area contributed by atoms with Crippen LogP contribution in [0.15, 0.2) is 36.7 Å². The van der Waals surface area contributed by atoms with Crippen molar-refractivity contribution in [3.05, 3.63) is 59.0 Å². The van der Waals surface area contributed by atoms with Gasteiger partial charge < -0.3 is 5.32 Å². The van der Waals surface area contributed by atoms with Crippen molar-refractivity contribution in [2.75, 3.05) is 5.32 Å². The zero-order valence-corrected chi connectivity index (χ0v) is 13.7. The normalized spacial score (nSPS) is 11.0. The molecule has 4 aromatic rings. The average Bonchev–Trinajstić information content (AvgIpc) is 3.20. The first kappa shape index (κ1) is 16.2. The smallest absolute Gasteiger partial charge is 0.305 e. The quantitative estimate of drug-likeness (QED) is 0.480. The van der Waals surface area contributed by atoms with Crippen LogP contribution >= 0.6 is 11.6 Å². The molecular formula is C16H10ClF2N6O+. The van der Waals surface area contributed by atoms with E-state index in [0.29, 0.717) is 27.7 Å². The number of halogens is 3. The summed E-state index contributed by atoms with van der Waals surface area (Å²) in [5.74, 6) is -2.36. The lowest BCUT2D eigenvalue weighted by Crippen LogP contribution is -2.16. The molecule has 0 radical (unpaired) electrons. The monoisotopic (exact) mass is 375 g/mol. The van der Waals surface area contributed by atoms with Crippen LogP contribution in [0.4, 0.5) is 14.5 Å². The molecular weight excluding hydrogens is 366 g/mol. The van der Waals surface area contributed by atoms with Gasteiger partial charge in [-0.25, -0.2) is 23.7 Å².